The van der Waals surface area contributed by atoms with Crippen molar-refractivity contribution in [1.29, 1.82) is 0 Å². The molecule has 1 N–H and O–H groups in total. The predicted molar refractivity (Wildman–Crippen MR) is 132 cm³/mol. The minimum atomic E-state index is -0.828. The Kier molecular flexibility index (Phi) is 11.1. The van der Waals surface area contributed by atoms with Crippen LogP contribution in [0.5, 0.6) is 11.5 Å². The first-order valence-electron chi connectivity index (χ1n) is 11.5. The smallest absolute Gasteiger partial charge is 0.303 e. The first-order chi connectivity index (χ1) is 16.5. The van der Waals surface area contributed by atoms with Crippen LogP contribution in [0.3, 0.4) is 0 Å². The summed E-state index contributed by atoms with van der Waals surface area (Å²) in [4.78, 5) is 10.8. The first-order valence-corrected chi connectivity index (χ1v) is 11.5. The van der Waals surface area contributed by atoms with Gasteiger partial charge in [-0.1, -0.05) is 38.1 Å². The Balaban J connectivity index is 0.00000199. The normalized spacial score (nSPS) is 10.3. The highest BCUT2D eigenvalue weighted by Crippen LogP contribution is 2.31. The van der Waals surface area contributed by atoms with Gasteiger partial charge in [0.1, 0.15) is 23.9 Å². The highest BCUT2D eigenvalue weighted by Gasteiger charge is 2.13. The van der Waals surface area contributed by atoms with Crippen LogP contribution in [0.15, 0.2) is 60.7 Å². The fourth-order valence-corrected chi connectivity index (χ4v) is 3.38. The lowest BCUT2D eigenvalue weighted by Gasteiger charge is -2.15. The number of hydrogen-bond donors (Lipinski definition) is 1. The molecule has 0 atom stereocenters. The van der Waals surface area contributed by atoms with E-state index in [4.69, 9.17) is 19.3 Å². The number of methoxy groups -OCH3 is 1. The molecule has 0 aliphatic heterocycles. The average Bonchev–Trinajstić information content (AvgIpc) is 2.87. The standard InChI is InChI=1S/C26H27FO5.C2H6/c1-3-31-17-20-13-19(7-10-23(20)24-15-21(30-2)9-11-25(24)27)16-32-22-6-4-5-18(14-22)8-12-26(28)29;1-2/h4-7,9-11,13-15H,3,8,12,16-17H2,1-2H3,(H,28,29);1-2H3. The second-order valence-electron chi connectivity index (χ2n) is 7.30. The van der Waals surface area contributed by atoms with E-state index in [1.807, 2.05) is 63.2 Å². The van der Waals surface area contributed by atoms with E-state index in [-0.39, 0.29) is 12.2 Å². The molecule has 0 bridgehead atoms. The SMILES string of the molecule is CC.CCOCc1cc(COc2cccc(CCC(=O)O)c2)ccc1-c1cc(OC)ccc1F. The van der Waals surface area contributed by atoms with Crippen molar-refractivity contribution >= 4 is 5.97 Å². The Bertz CT molecular complexity index is 1060. The van der Waals surface area contributed by atoms with Crippen molar-refractivity contribution in [2.24, 2.45) is 0 Å². The molecule has 3 aromatic carbocycles. The first kappa shape index (κ1) is 26.9. The van der Waals surface area contributed by atoms with Crippen molar-refractivity contribution in [2.75, 3.05) is 13.7 Å². The van der Waals surface area contributed by atoms with Gasteiger partial charge in [-0.05, 0) is 72.0 Å². The maximum Gasteiger partial charge on any atom is 0.303 e. The minimum absolute atomic E-state index is 0.0759. The van der Waals surface area contributed by atoms with E-state index in [0.717, 1.165) is 22.3 Å². The molecule has 3 aromatic rings. The molecule has 182 valence electrons. The number of rotatable bonds is 11. The van der Waals surface area contributed by atoms with Crippen molar-refractivity contribution in [3.8, 4) is 22.6 Å². The van der Waals surface area contributed by atoms with Crippen LogP contribution in [0.2, 0.25) is 0 Å². The highest BCUT2D eigenvalue weighted by atomic mass is 19.1. The molecule has 0 amide bonds. The molecule has 6 heteroatoms. The van der Waals surface area contributed by atoms with E-state index in [1.54, 1.807) is 19.2 Å². The summed E-state index contributed by atoms with van der Waals surface area (Å²) in [5.41, 5.74) is 3.88. The Hall–Kier alpha value is -3.38. The molecule has 3 rings (SSSR count). The van der Waals surface area contributed by atoms with Crippen LogP contribution in [0.25, 0.3) is 11.1 Å². The topological polar surface area (TPSA) is 65.0 Å². The maximum atomic E-state index is 14.6. The van der Waals surface area contributed by atoms with E-state index in [9.17, 15) is 9.18 Å². The van der Waals surface area contributed by atoms with Crippen molar-refractivity contribution < 1.29 is 28.5 Å². The summed E-state index contributed by atoms with van der Waals surface area (Å²) in [6.07, 6.45) is 0.526. The summed E-state index contributed by atoms with van der Waals surface area (Å²) >= 11 is 0. The lowest BCUT2D eigenvalue weighted by atomic mass is 9.97. The van der Waals surface area contributed by atoms with Gasteiger partial charge in [0.2, 0.25) is 0 Å². The van der Waals surface area contributed by atoms with Crippen LogP contribution in [0, 0.1) is 5.82 Å². The number of halogens is 1. The van der Waals surface area contributed by atoms with Gasteiger partial charge in [0.15, 0.2) is 0 Å². The quantitative estimate of drug-likeness (QED) is 0.341. The summed E-state index contributed by atoms with van der Waals surface area (Å²) in [5, 5.41) is 8.86. The average molecular weight is 469 g/mol. The summed E-state index contributed by atoms with van der Waals surface area (Å²) in [6.45, 7) is 7.13. The monoisotopic (exact) mass is 468 g/mol. The number of carboxylic acids is 1. The highest BCUT2D eigenvalue weighted by molar-refractivity contribution is 5.70. The molecule has 0 saturated heterocycles. The van der Waals surface area contributed by atoms with E-state index in [1.165, 1.54) is 6.07 Å². The third kappa shape index (κ3) is 7.89. The molecule has 0 aliphatic rings. The molecule has 0 fully saturated rings. The van der Waals surface area contributed by atoms with Crippen molar-refractivity contribution in [2.45, 2.75) is 46.8 Å². The molecule has 34 heavy (non-hydrogen) atoms. The number of carbonyl (C=O) groups is 1. The number of benzene rings is 3. The largest absolute Gasteiger partial charge is 0.497 e. The zero-order chi connectivity index (χ0) is 24.9. The summed E-state index contributed by atoms with van der Waals surface area (Å²) in [7, 11) is 1.55. The number of hydrogen-bond acceptors (Lipinski definition) is 4. The zero-order valence-corrected chi connectivity index (χ0v) is 20.3. The van der Waals surface area contributed by atoms with Gasteiger partial charge in [0.05, 0.1) is 13.7 Å². The fourth-order valence-electron chi connectivity index (χ4n) is 3.38. The Morgan fingerprint density at radius 1 is 0.912 bits per heavy atom. The van der Waals surface area contributed by atoms with Gasteiger partial charge in [-0.25, -0.2) is 4.39 Å². The van der Waals surface area contributed by atoms with Crippen molar-refractivity contribution in [1.82, 2.24) is 0 Å². The van der Waals surface area contributed by atoms with E-state index in [0.29, 0.717) is 43.3 Å². The second kappa shape index (κ2) is 14.0. The maximum absolute atomic E-state index is 14.6. The molecule has 0 saturated carbocycles. The van der Waals surface area contributed by atoms with Gasteiger partial charge in [0.25, 0.3) is 0 Å². The van der Waals surface area contributed by atoms with Gasteiger partial charge < -0.3 is 19.3 Å². The number of carboxylic acid groups (broad SMARTS) is 1. The van der Waals surface area contributed by atoms with Crippen LogP contribution in [0.1, 0.15) is 43.9 Å². The predicted octanol–water partition coefficient (Wildman–Crippen LogP) is 6.66. The summed E-state index contributed by atoms with van der Waals surface area (Å²) in [6, 6.07) is 17.8. The molecule has 0 radical (unpaired) electrons. The van der Waals surface area contributed by atoms with Crippen LogP contribution in [-0.4, -0.2) is 24.8 Å². The lowest BCUT2D eigenvalue weighted by Crippen LogP contribution is -2.02. The van der Waals surface area contributed by atoms with E-state index < -0.39 is 5.97 Å². The Morgan fingerprint density at radius 2 is 1.71 bits per heavy atom. The van der Waals surface area contributed by atoms with Crippen LogP contribution in [-0.2, 0) is 29.2 Å². The third-order valence-electron chi connectivity index (χ3n) is 5.03. The van der Waals surface area contributed by atoms with E-state index >= 15 is 0 Å². The van der Waals surface area contributed by atoms with Crippen LogP contribution >= 0.6 is 0 Å². The molecule has 0 heterocycles. The Morgan fingerprint density at radius 3 is 2.41 bits per heavy atom. The zero-order valence-electron chi connectivity index (χ0n) is 20.3. The van der Waals surface area contributed by atoms with Gasteiger partial charge in [-0.3, -0.25) is 4.79 Å². The van der Waals surface area contributed by atoms with Crippen molar-refractivity contribution in [3.63, 3.8) is 0 Å². The summed E-state index contributed by atoms with van der Waals surface area (Å²) in [5.74, 6) is 0.0950. The molecule has 0 aromatic heterocycles. The van der Waals surface area contributed by atoms with Gasteiger partial charge in [0, 0.05) is 18.6 Å². The molecule has 0 unspecified atom stereocenters. The fraction of sp³-hybridized carbons (Fsp3) is 0.321. The number of aliphatic carboxylic acids is 1. The molecular weight excluding hydrogens is 435 g/mol. The number of aryl methyl sites for hydroxylation is 1. The van der Waals surface area contributed by atoms with Crippen LogP contribution < -0.4 is 9.47 Å². The second-order valence-corrected chi connectivity index (χ2v) is 7.30. The van der Waals surface area contributed by atoms with Gasteiger partial charge in [-0.15, -0.1) is 0 Å². The molecule has 0 spiro atoms. The Labute approximate surface area is 201 Å². The third-order valence-corrected chi connectivity index (χ3v) is 5.03. The van der Waals surface area contributed by atoms with Gasteiger partial charge >= 0.3 is 5.97 Å². The van der Waals surface area contributed by atoms with Gasteiger partial charge in [-0.2, -0.15) is 0 Å². The molecule has 5 nitrogen and oxygen atoms in total. The molecule has 0 aliphatic carbocycles. The van der Waals surface area contributed by atoms with E-state index in [2.05, 4.69) is 0 Å². The minimum Gasteiger partial charge on any atom is -0.497 e. The van der Waals surface area contributed by atoms with Crippen molar-refractivity contribution in [3.05, 3.63) is 83.2 Å². The lowest BCUT2D eigenvalue weighted by molar-refractivity contribution is -0.136. The van der Waals surface area contributed by atoms with Crippen LogP contribution in [0.4, 0.5) is 4.39 Å². The molecular formula is C28H33FO5. The summed E-state index contributed by atoms with van der Waals surface area (Å²) < 4.78 is 31.3. The number of ether oxygens (including phenoxy) is 3.